The van der Waals surface area contributed by atoms with E-state index < -0.39 is 0 Å². The third kappa shape index (κ3) is 2.98. The SMILES string of the molecule is CC1CCN(C(=O)CSc2ncn[nH]2)CC1. The van der Waals surface area contributed by atoms with Crippen molar-refractivity contribution in [3.05, 3.63) is 6.33 Å². The van der Waals surface area contributed by atoms with E-state index >= 15 is 0 Å². The summed E-state index contributed by atoms with van der Waals surface area (Å²) in [4.78, 5) is 17.8. The number of aromatic nitrogens is 3. The molecule has 1 aromatic heterocycles. The number of thioether (sulfide) groups is 1. The predicted molar refractivity (Wildman–Crippen MR) is 62.1 cm³/mol. The number of hydrogen-bond acceptors (Lipinski definition) is 4. The molecule has 0 spiro atoms. The first-order chi connectivity index (χ1) is 7.75. The molecule has 1 saturated heterocycles. The normalized spacial score (nSPS) is 17.7. The van der Waals surface area contributed by atoms with Gasteiger partial charge in [0.25, 0.3) is 0 Å². The number of likely N-dealkylation sites (tertiary alicyclic amines) is 1. The minimum atomic E-state index is 0.202. The molecule has 1 aliphatic rings. The summed E-state index contributed by atoms with van der Waals surface area (Å²) in [6.07, 6.45) is 3.70. The summed E-state index contributed by atoms with van der Waals surface area (Å²) in [7, 11) is 0. The molecule has 0 unspecified atom stereocenters. The van der Waals surface area contributed by atoms with Crippen LogP contribution in [-0.2, 0) is 4.79 Å². The van der Waals surface area contributed by atoms with Crippen LogP contribution >= 0.6 is 11.8 Å². The van der Waals surface area contributed by atoms with Gasteiger partial charge >= 0.3 is 0 Å². The highest BCUT2D eigenvalue weighted by atomic mass is 32.2. The maximum Gasteiger partial charge on any atom is 0.233 e. The van der Waals surface area contributed by atoms with E-state index in [-0.39, 0.29) is 5.91 Å². The maximum atomic E-state index is 11.8. The number of carbonyl (C=O) groups excluding carboxylic acids is 1. The zero-order valence-electron chi connectivity index (χ0n) is 9.35. The summed E-state index contributed by atoms with van der Waals surface area (Å²) >= 11 is 1.41. The smallest absolute Gasteiger partial charge is 0.233 e. The van der Waals surface area contributed by atoms with Crippen molar-refractivity contribution in [3.63, 3.8) is 0 Å². The quantitative estimate of drug-likeness (QED) is 0.805. The van der Waals surface area contributed by atoms with Crippen molar-refractivity contribution >= 4 is 17.7 Å². The van der Waals surface area contributed by atoms with Gasteiger partial charge in [-0.2, -0.15) is 5.10 Å². The van der Waals surface area contributed by atoms with E-state index in [0.717, 1.165) is 31.8 Å². The summed E-state index contributed by atoms with van der Waals surface area (Å²) < 4.78 is 0. The molecule has 0 aliphatic carbocycles. The standard InChI is InChI=1S/C10H16N4OS/c1-8-2-4-14(5-3-8)9(15)6-16-10-11-7-12-13-10/h7-8H,2-6H2,1H3,(H,11,12,13). The zero-order chi connectivity index (χ0) is 11.4. The lowest BCUT2D eigenvalue weighted by Gasteiger charge is -2.30. The Bertz CT molecular complexity index is 333. The molecule has 88 valence electrons. The number of carbonyl (C=O) groups is 1. The van der Waals surface area contributed by atoms with Crippen molar-refractivity contribution in [2.45, 2.75) is 24.9 Å². The van der Waals surface area contributed by atoms with Gasteiger partial charge in [-0.05, 0) is 18.8 Å². The molecule has 1 aliphatic heterocycles. The Morgan fingerprint density at radius 3 is 3.00 bits per heavy atom. The van der Waals surface area contributed by atoms with Gasteiger partial charge in [-0.1, -0.05) is 18.7 Å². The number of nitrogens with one attached hydrogen (secondary N) is 1. The van der Waals surface area contributed by atoms with Gasteiger partial charge in [0.15, 0.2) is 5.16 Å². The second-order valence-corrected chi connectivity index (χ2v) is 5.11. The van der Waals surface area contributed by atoms with Crippen LogP contribution in [0.2, 0.25) is 0 Å². The highest BCUT2D eigenvalue weighted by Crippen LogP contribution is 2.18. The second-order valence-electron chi connectivity index (χ2n) is 4.14. The fourth-order valence-electron chi connectivity index (χ4n) is 1.74. The number of piperidine rings is 1. The number of amides is 1. The number of aromatic amines is 1. The van der Waals surface area contributed by atoms with Crippen molar-refractivity contribution in [1.29, 1.82) is 0 Å². The van der Waals surface area contributed by atoms with Crippen LogP contribution in [0.25, 0.3) is 0 Å². The fourth-order valence-corrected chi connectivity index (χ4v) is 2.42. The first-order valence-electron chi connectivity index (χ1n) is 5.51. The molecule has 6 heteroatoms. The Balaban J connectivity index is 1.75. The molecule has 0 aromatic carbocycles. The zero-order valence-corrected chi connectivity index (χ0v) is 10.2. The molecule has 0 atom stereocenters. The highest BCUT2D eigenvalue weighted by Gasteiger charge is 2.20. The number of rotatable bonds is 3. The molecule has 0 bridgehead atoms. The Morgan fingerprint density at radius 2 is 2.38 bits per heavy atom. The van der Waals surface area contributed by atoms with Gasteiger partial charge in [0.1, 0.15) is 6.33 Å². The molecule has 5 nitrogen and oxygen atoms in total. The van der Waals surface area contributed by atoms with Gasteiger partial charge in [0.2, 0.25) is 5.91 Å². The van der Waals surface area contributed by atoms with E-state index in [1.54, 1.807) is 0 Å². The third-order valence-corrected chi connectivity index (χ3v) is 3.72. The Kier molecular flexibility index (Phi) is 3.82. The average molecular weight is 240 g/mol. The van der Waals surface area contributed by atoms with Gasteiger partial charge < -0.3 is 4.90 Å². The molecular formula is C10H16N4OS. The van der Waals surface area contributed by atoms with Crippen LogP contribution in [0.1, 0.15) is 19.8 Å². The molecule has 1 amide bonds. The molecular weight excluding hydrogens is 224 g/mol. The van der Waals surface area contributed by atoms with Gasteiger partial charge in [0, 0.05) is 13.1 Å². The van der Waals surface area contributed by atoms with Crippen LogP contribution in [0.4, 0.5) is 0 Å². The Hall–Kier alpha value is -1.04. The highest BCUT2D eigenvalue weighted by molar-refractivity contribution is 7.99. The van der Waals surface area contributed by atoms with Crippen molar-refractivity contribution in [2.24, 2.45) is 5.92 Å². The molecule has 1 aromatic rings. The second kappa shape index (κ2) is 5.34. The lowest BCUT2D eigenvalue weighted by atomic mass is 9.99. The van der Waals surface area contributed by atoms with Crippen molar-refractivity contribution < 1.29 is 4.79 Å². The molecule has 0 saturated carbocycles. The molecule has 2 rings (SSSR count). The fraction of sp³-hybridized carbons (Fsp3) is 0.700. The van der Waals surface area contributed by atoms with E-state index in [2.05, 4.69) is 22.1 Å². The number of hydrogen-bond donors (Lipinski definition) is 1. The summed E-state index contributed by atoms with van der Waals surface area (Å²) in [5, 5.41) is 7.18. The summed E-state index contributed by atoms with van der Waals surface area (Å²) in [6.45, 7) is 4.04. The Morgan fingerprint density at radius 1 is 1.62 bits per heavy atom. The molecule has 0 radical (unpaired) electrons. The first kappa shape index (κ1) is 11.4. The lowest BCUT2D eigenvalue weighted by molar-refractivity contribution is -0.129. The first-order valence-corrected chi connectivity index (χ1v) is 6.50. The number of nitrogens with zero attached hydrogens (tertiary/aromatic N) is 3. The van der Waals surface area contributed by atoms with Gasteiger partial charge in [-0.25, -0.2) is 4.98 Å². The monoisotopic (exact) mass is 240 g/mol. The van der Waals surface area contributed by atoms with E-state index in [0.29, 0.717) is 10.9 Å². The summed E-state index contributed by atoms with van der Waals surface area (Å²) in [5.74, 6) is 1.41. The summed E-state index contributed by atoms with van der Waals surface area (Å²) in [6, 6.07) is 0. The molecule has 16 heavy (non-hydrogen) atoms. The van der Waals surface area contributed by atoms with E-state index in [9.17, 15) is 4.79 Å². The minimum absolute atomic E-state index is 0.202. The summed E-state index contributed by atoms with van der Waals surface area (Å²) in [5.41, 5.74) is 0. The van der Waals surface area contributed by atoms with Gasteiger partial charge in [-0.3, -0.25) is 9.89 Å². The van der Waals surface area contributed by atoms with Crippen LogP contribution < -0.4 is 0 Å². The van der Waals surface area contributed by atoms with Crippen molar-refractivity contribution in [3.8, 4) is 0 Å². The Labute approximate surface area is 99.0 Å². The minimum Gasteiger partial charge on any atom is -0.342 e. The van der Waals surface area contributed by atoms with Crippen LogP contribution in [0.5, 0.6) is 0 Å². The molecule has 2 heterocycles. The predicted octanol–water partition coefficient (Wildman–Crippen LogP) is 1.16. The van der Waals surface area contributed by atoms with E-state index in [1.165, 1.54) is 18.1 Å². The lowest BCUT2D eigenvalue weighted by Crippen LogP contribution is -2.38. The largest absolute Gasteiger partial charge is 0.342 e. The molecule has 1 N–H and O–H groups in total. The maximum absolute atomic E-state index is 11.8. The third-order valence-electron chi connectivity index (χ3n) is 2.86. The molecule has 1 fully saturated rings. The van der Waals surface area contributed by atoms with Crippen molar-refractivity contribution in [1.82, 2.24) is 20.1 Å². The number of H-pyrrole nitrogens is 1. The van der Waals surface area contributed by atoms with Crippen LogP contribution in [0, 0.1) is 5.92 Å². The van der Waals surface area contributed by atoms with Crippen LogP contribution in [0.3, 0.4) is 0 Å². The van der Waals surface area contributed by atoms with Gasteiger partial charge in [0.05, 0.1) is 5.75 Å². The van der Waals surface area contributed by atoms with E-state index in [4.69, 9.17) is 0 Å². The average Bonchev–Trinajstić information content (AvgIpc) is 2.80. The van der Waals surface area contributed by atoms with Gasteiger partial charge in [-0.15, -0.1) is 0 Å². The topological polar surface area (TPSA) is 61.9 Å². The van der Waals surface area contributed by atoms with E-state index in [1.807, 2.05) is 4.90 Å². The van der Waals surface area contributed by atoms with Crippen LogP contribution in [-0.4, -0.2) is 44.8 Å². The van der Waals surface area contributed by atoms with Crippen molar-refractivity contribution in [2.75, 3.05) is 18.8 Å². The van der Waals surface area contributed by atoms with Crippen LogP contribution in [0.15, 0.2) is 11.5 Å².